The fourth-order valence-electron chi connectivity index (χ4n) is 1.95. The number of aryl methyl sites for hydroxylation is 2. The van der Waals surface area contributed by atoms with Crippen molar-refractivity contribution in [2.75, 3.05) is 0 Å². The molecule has 1 aliphatic rings. The Hall–Kier alpha value is -0.790. The second kappa shape index (κ2) is 3.41. The zero-order valence-electron chi connectivity index (χ0n) is 9.51. The van der Waals surface area contributed by atoms with Crippen molar-refractivity contribution in [3.05, 3.63) is 17.7 Å². The largest absolute Gasteiger partial charge is 0.335 e. The van der Waals surface area contributed by atoms with Crippen molar-refractivity contribution in [2.24, 2.45) is 0 Å². The highest BCUT2D eigenvalue weighted by atomic mass is 15.1. The van der Waals surface area contributed by atoms with Gasteiger partial charge in [0.1, 0.15) is 5.82 Å². The van der Waals surface area contributed by atoms with E-state index >= 15 is 0 Å². The molecule has 0 spiro atoms. The maximum Gasteiger partial charge on any atom is 0.108 e. The van der Waals surface area contributed by atoms with E-state index in [9.17, 15) is 0 Å². The van der Waals surface area contributed by atoms with Gasteiger partial charge < -0.3 is 4.57 Å². The van der Waals surface area contributed by atoms with Crippen LogP contribution in [0.4, 0.5) is 0 Å². The standard InChI is InChI=1S/C12H20N2/c1-12(2,3)10-9-14-8-6-4-5-7-11(14)13-10/h9H,4-8H2,1-3H3. The summed E-state index contributed by atoms with van der Waals surface area (Å²) in [7, 11) is 0. The zero-order chi connectivity index (χ0) is 10.2. The minimum absolute atomic E-state index is 0.194. The molecule has 0 N–H and O–H groups in total. The minimum atomic E-state index is 0.194. The monoisotopic (exact) mass is 192 g/mol. The van der Waals surface area contributed by atoms with Crippen molar-refractivity contribution >= 4 is 0 Å². The van der Waals surface area contributed by atoms with Gasteiger partial charge >= 0.3 is 0 Å². The van der Waals surface area contributed by atoms with Gasteiger partial charge in [-0.3, -0.25) is 0 Å². The van der Waals surface area contributed by atoms with Crippen molar-refractivity contribution in [1.82, 2.24) is 9.55 Å². The van der Waals surface area contributed by atoms with Crippen LogP contribution in [0.1, 0.15) is 51.6 Å². The third-order valence-electron chi connectivity index (χ3n) is 2.93. The van der Waals surface area contributed by atoms with Gasteiger partial charge in [0.05, 0.1) is 5.69 Å². The van der Waals surface area contributed by atoms with E-state index in [0.717, 1.165) is 6.42 Å². The van der Waals surface area contributed by atoms with Crippen molar-refractivity contribution in [3.63, 3.8) is 0 Å². The van der Waals surface area contributed by atoms with E-state index in [2.05, 4.69) is 31.5 Å². The topological polar surface area (TPSA) is 17.8 Å². The molecule has 0 amide bonds. The van der Waals surface area contributed by atoms with Crippen LogP contribution in [0.5, 0.6) is 0 Å². The van der Waals surface area contributed by atoms with Crippen LogP contribution in [0.15, 0.2) is 6.20 Å². The average molecular weight is 192 g/mol. The summed E-state index contributed by atoms with van der Waals surface area (Å²) >= 11 is 0. The molecule has 0 saturated heterocycles. The fraction of sp³-hybridized carbons (Fsp3) is 0.750. The van der Waals surface area contributed by atoms with Crippen molar-refractivity contribution in [1.29, 1.82) is 0 Å². The van der Waals surface area contributed by atoms with E-state index in [1.54, 1.807) is 0 Å². The van der Waals surface area contributed by atoms with Crippen LogP contribution in [-0.4, -0.2) is 9.55 Å². The predicted molar refractivity (Wildman–Crippen MR) is 58.5 cm³/mol. The third kappa shape index (κ3) is 1.84. The summed E-state index contributed by atoms with van der Waals surface area (Å²) < 4.78 is 2.35. The van der Waals surface area contributed by atoms with Crippen LogP contribution in [0, 0.1) is 0 Å². The van der Waals surface area contributed by atoms with Crippen LogP contribution in [0.25, 0.3) is 0 Å². The molecular formula is C12H20N2. The first-order valence-electron chi connectivity index (χ1n) is 5.64. The molecular weight excluding hydrogens is 172 g/mol. The Morgan fingerprint density at radius 2 is 2.00 bits per heavy atom. The molecule has 0 fully saturated rings. The SMILES string of the molecule is CC(C)(C)c1cn2c(n1)CCCCC2. The first kappa shape index (κ1) is 9.75. The molecule has 0 atom stereocenters. The average Bonchev–Trinajstić information content (AvgIpc) is 2.38. The summed E-state index contributed by atoms with van der Waals surface area (Å²) in [6.45, 7) is 7.86. The number of nitrogens with zero attached hydrogens (tertiary/aromatic N) is 2. The second-order valence-corrected chi connectivity index (χ2v) is 5.30. The van der Waals surface area contributed by atoms with Gasteiger partial charge in [-0.1, -0.05) is 27.2 Å². The number of rotatable bonds is 0. The van der Waals surface area contributed by atoms with Crippen LogP contribution >= 0.6 is 0 Å². The lowest BCUT2D eigenvalue weighted by Gasteiger charge is -2.14. The second-order valence-electron chi connectivity index (χ2n) is 5.30. The lowest BCUT2D eigenvalue weighted by Crippen LogP contribution is -2.11. The van der Waals surface area contributed by atoms with Gasteiger partial charge in [0, 0.05) is 24.6 Å². The number of fused-ring (bicyclic) bond motifs is 1. The van der Waals surface area contributed by atoms with Crippen molar-refractivity contribution in [2.45, 2.75) is 58.4 Å². The quantitative estimate of drug-likeness (QED) is 0.618. The molecule has 2 rings (SSSR count). The number of aromatic nitrogens is 2. The molecule has 2 heterocycles. The summed E-state index contributed by atoms with van der Waals surface area (Å²) in [5, 5.41) is 0. The van der Waals surface area contributed by atoms with Crippen LogP contribution in [0.3, 0.4) is 0 Å². The highest BCUT2D eigenvalue weighted by Gasteiger charge is 2.20. The maximum atomic E-state index is 4.74. The van der Waals surface area contributed by atoms with Gasteiger partial charge in [0.15, 0.2) is 0 Å². The van der Waals surface area contributed by atoms with Crippen molar-refractivity contribution in [3.8, 4) is 0 Å². The molecule has 0 aromatic carbocycles. The van der Waals surface area contributed by atoms with E-state index in [4.69, 9.17) is 4.98 Å². The van der Waals surface area contributed by atoms with Gasteiger partial charge in [-0.05, 0) is 12.8 Å². The van der Waals surface area contributed by atoms with Crippen LogP contribution in [-0.2, 0) is 18.4 Å². The van der Waals surface area contributed by atoms with Crippen molar-refractivity contribution < 1.29 is 0 Å². The third-order valence-corrected chi connectivity index (χ3v) is 2.93. The van der Waals surface area contributed by atoms with E-state index in [1.165, 1.54) is 37.3 Å². The molecule has 0 bridgehead atoms. The van der Waals surface area contributed by atoms with Crippen LogP contribution < -0.4 is 0 Å². The highest BCUT2D eigenvalue weighted by molar-refractivity contribution is 5.13. The Bertz CT molecular complexity index is 294. The first-order valence-corrected chi connectivity index (χ1v) is 5.64. The fourth-order valence-corrected chi connectivity index (χ4v) is 1.95. The summed E-state index contributed by atoms with van der Waals surface area (Å²) in [6.07, 6.45) is 7.39. The lowest BCUT2D eigenvalue weighted by molar-refractivity contribution is 0.566. The molecule has 0 aliphatic carbocycles. The normalized spacial score (nSPS) is 17.6. The molecule has 1 aliphatic heterocycles. The molecule has 0 radical (unpaired) electrons. The highest BCUT2D eigenvalue weighted by Crippen LogP contribution is 2.23. The Kier molecular flexibility index (Phi) is 2.38. The van der Waals surface area contributed by atoms with Gasteiger partial charge in [0.25, 0.3) is 0 Å². The molecule has 2 nitrogen and oxygen atoms in total. The summed E-state index contributed by atoms with van der Waals surface area (Å²) in [5.41, 5.74) is 1.44. The van der Waals surface area contributed by atoms with Gasteiger partial charge in [-0.2, -0.15) is 0 Å². The smallest absolute Gasteiger partial charge is 0.108 e. The summed E-state index contributed by atoms with van der Waals surface area (Å²) in [5.74, 6) is 1.30. The predicted octanol–water partition coefficient (Wildman–Crippen LogP) is 2.91. The van der Waals surface area contributed by atoms with E-state index < -0.39 is 0 Å². The zero-order valence-corrected chi connectivity index (χ0v) is 9.51. The molecule has 78 valence electrons. The Morgan fingerprint density at radius 3 is 2.71 bits per heavy atom. The van der Waals surface area contributed by atoms with E-state index in [0.29, 0.717) is 0 Å². The number of hydrogen-bond acceptors (Lipinski definition) is 1. The van der Waals surface area contributed by atoms with Crippen LogP contribution in [0.2, 0.25) is 0 Å². The first-order chi connectivity index (χ1) is 6.57. The lowest BCUT2D eigenvalue weighted by atomic mass is 9.93. The Balaban J connectivity index is 2.31. The van der Waals surface area contributed by atoms with Gasteiger partial charge in [-0.15, -0.1) is 0 Å². The molecule has 1 aromatic heterocycles. The Morgan fingerprint density at radius 1 is 1.21 bits per heavy atom. The molecule has 1 aromatic rings. The van der Waals surface area contributed by atoms with E-state index in [-0.39, 0.29) is 5.41 Å². The van der Waals surface area contributed by atoms with E-state index in [1.807, 2.05) is 0 Å². The van der Waals surface area contributed by atoms with Gasteiger partial charge in [-0.25, -0.2) is 4.98 Å². The molecule has 0 saturated carbocycles. The number of hydrogen-bond donors (Lipinski definition) is 0. The maximum absolute atomic E-state index is 4.74. The number of imidazole rings is 1. The Labute approximate surface area is 86.3 Å². The summed E-state index contributed by atoms with van der Waals surface area (Å²) in [6, 6.07) is 0. The minimum Gasteiger partial charge on any atom is -0.335 e. The summed E-state index contributed by atoms with van der Waals surface area (Å²) in [4.78, 5) is 4.74. The molecule has 0 unspecified atom stereocenters. The molecule has 14 heavy (non-hydrogen) atoms. The van der Waals surface area contributed by atoms with Gasteiger partial charge in [0.2, 0.25) is 0 Å². The molecule has 2 heteroatoms.